The topological polar surface area (TPSA) is 99.4 Å². The average Bonchev–Trinajstić information content (AvgIpc) is 3.08. The Kier molecular flexibility index (Phi) is 5.26. The van der Waals surface area contributed by atoms with Gasteiger partial charge in [-0.3, -0.25) is 0 Å². The molecule has 2 heterocycles. The normalized spacial score (nSPS) is 31.9. The number of benzene rings is 2. The van der Waals surface area contributed by atoms with Gasteiger partial charge in [0.1, 0.15) is 24.4 Å². The predicted molar refractivity (Wildman–Crippen MR) is 102 cm³/mol. The first-order valence-corrected chi connectivity index (χ1v) is 9.65. The molecule has 2 aromatic rings. The maximum atomic E-state index is 10.7. The molecule has 0 amide bonds. The van der Waals surface area contributed by atoms with E-state index in [0.29, 0.717) is 12.0 Å². The van der Waals surface area contributed by atoms with Gasteiger partial charge in [-0.2, -0.15) is 0 Å². The van der Waals surface area contributed by atoms with Crippen LogP contribution in [0.4, 0.5) is 0 Å². The Morgan fingerprint density at radius 1 is 0.964 bits per heavy atom. The zero-order chi connectivity index (χ0) is 19.9. The fourth-order valence-electron chi connectivity index (χ4n) is 4.06. The molecule has 4 N–H and O–H groups in total. The maximum absolute atomic E-state index is 10.7. The summed E-state index contributed by atoms with van der Waals surface area (Å²) in [4.78, 5) is 0. The summed E-state index contributed by atoms with van der Waals surface area (Å²) in [5, 5.41) is 40.5. The molecule has 1 fully saturated rings. The fourth-order valence-corrected chi connectivity index (χ4v) is 4.06. The molecule has 150 valence electrons. The van der Waals surface area contributed by atoms with Crippen molar-refractivity contribution < 1.29 is 29.9 Å². The van der Waals surface area contributed by atoms with Crippen molar-refractivity contribution in [2.75, 3.05) is 6.61 Å². The van der Waals surface area contributed by atoms with Crippen molar-refractivity contribution >= 4 is 0 Å². The molecule has 1 saturated heterocycles. The summed E-state index contributed by atoms with van der Waals surface area (Å²) in [5.74, 6) is -1.59. The third kappa shape index (κ3) is 3.16. The van der Waals surface area contributed by atoms with Gasteiger partial charge in [-0.25, -0.2) is 0 Å². The molecule has 5 atom stereocenters. The number of ether oxygens (including phenoxy) is 2. The second-order valence-electron chi connectivity index (χ2n) is 7.56. The number of hydrogen-bond donors (Lipinski definition) is 4. The molecule has 4 rings (SSSR count). The number of hydrogen-bond acceptors (Lipinski definition) is 6. The Labute approximate surface area is 164 Å². The second-order valence-corrected chi connectivity index (χ2v) is 7.56. The maximum Gasteiger partial charge on any atom is 0.225 e. The van der Waals surface area contributed by atoms with Crippen LogP contribution in [0.2, 0.25) is 0 Å². The van der Waals surface area contributed by atoms with Gasteiger partial charge in [0, 0.05) is 5.56 Å². The summed E-state index contributed by atoms with van der Waals surface area (Å²) in [6, 6.07) is 14.3. The Morgan fingerprint density at radius 3 is 2.32 bits per heavy atom. The van der Waals surface area contributed by atoms with Crippen molar-refractivity contribution in [1.29, 1.82) is 0 Å². The highest BCUT2D eigenvalue weighted by Crippen LogP contribution is 2.46. The van der Waals surface area contributed by atoms with Gasteiger partial charge < -0.3 is 29.9 Å². The Balaban J connectivity index is 1.66. The minimum absolute atomic E-state index is 0.221. The second kappa shape index (κ2) is 7.55. The molecule has 6 nitrogen and oxygen atoms in total. The zero-order valence-corrected chi connectivity index (χ0v) is 15.8. The number of fused-ring (bicyclic) bond motifs is 2. The minimum Gasteiger partial charge on any atom is -0.394 e. The Morgan fingerprint density at radius 2 is 1.64 bits per heavy atom. The molecule has 0 aliphatic carbocycles. The fraction of sp³-hybridized carbons (Fsp3) is 0.455. The summed E-state index contributed by atoms with van der Waals surface area (Å²) in [6.07, 6.45) is -3.69. The highest BCUT2D eigenvalue weighted by atomic mass is 16.7. The summed E-state index contributed by atoms with van der Waals surface area (Å²) in [7, 11) is 0. The van der Waals surface area contributed by atoms with Gasteiger partial charge >= 0.3 is 0 Å². The number of aryl methyl sites for hydroxylation is 1. The van der Waals surface area contributed by atoms with Gasteiger partial charge in [0.05, 0.1) is 13.2 Å². The van der Waals surface area contributed by atoms with Gasteiger partial charge in [-0.05, 0) is 41.2 Å². The van der Waals surface area contributed by atoms with E-state index in [1.165, 1.54) is 11.1 Å². The lowest BCUT2D eigenvalue weighted by Crippen LogP contribution is -2.63. The molecule has 0 saturated carbocycles. The number of rotatable bonds is 4. The van der Waals surface area contributed by atoms with E-state index in [9.17, 15) is 20.4 Å². The van der Waals surface area contributed by atoms with E-state index in [2.05, 4.69) is 31.2 Å². The van der Waals surface area contributed by atoms with E-state index in [1.54, 1.807) is 0 Å². The van der Waals surface area contributed by atoms with Crippen LogP contribution < -0.4 is 0 Å². The molecule has 2 aliphatic heterocycles. The van der Waals surface area contributed by atoms with Crippen molar-refractivity contribution in [3.05, 3.63) is 70.3 Å². The van der Waals surface area contributed by atoms with Crippen LogP contribution in [0, 0.1) is 0 Å². The summed E-state index contributed by atoms with van der Waals surface area (Å²) in [5.41, 5.74) is 4.95. The largest absolute Gasteiger partial charge is 0.394 e. The molecule has 0 radical (unpaired) electrons. The Bertz CT molecular complexity index is 833. The van der Waals surface area contributed by atoms with Crippen LogP contribution in [0.25, 0.3) is 0 Å². The molecule has 1 spiro atoms. The van der Waals surface area contributed by atoms with E-state index >= 15 is 0 Å². The van der Waals surface area contributed by atoms with Crippen LogP contribution in [-0.2, 0) is 34.7 Å². The smallest absolute Gasteiger partial charge is 0.225 e. The van der Waals surface area contributed by atoms with Crippen molar-refractivity contribution in [2.24, 2.45) is 0 Å². The van der Waals surface area contributed by atoms with E-state index in [1.807, 2.05) is 18.2 Å². The van der Waals surface area contributed by atoms with Crippen molar-refractivity contribution in [3.63, 3.8) is 0 Å². The molecule has 2 unspecified atom stereocenters. The van der Waals surface area contributed by atoms with Gasteiger partial charge in [-0.15, -0.1) is 0 Å². The van der Waals surface area contributed by atoms with Gasteiger partial charge in [0.15, 0.2) is 0 Å². The molecular formula is C22H26O6. The Hall–Kier alpha value is -1.80. The van der Waals surface area contributed by atoms with Crippen LogP contribution in [0.3, 0.4) is 0 Å². The van der Waals surface area contributed by atoms with E-state index in [-0.39, 0.29) is 6.61 Å². The molecule has 0 aromatic heterocycles. The minimum atomic E-state index is -1.59. The summed E-state index contributed by atoms with van der Waals surface area (Å²) < 4.78 is 11.6. The average molecular weight is 386 g/mol. The molecule has 28 heavy (non-hydrogen) atoms. The van der Waals surface area contributed by atoms with Crippen LogP contribution in [-0.4, -0.2) is 51.4 Å². The number of aliphatic hydroxyl groups excluding tert-OH is 4. The zero-order valence-electron chi connectivity index (χ0n) is 15.8. The van der Waals surface area contributed by atoms with Gasteiger partial charge in [0.2, 0.25) is 5.79 Å². The number of aliphatic hydroxyl groups is 4. The monoisotopic (exact) mass is 386 g/mol. The summed E-state index contributed by atoms with van der Waals surface area (Å²) in [6.45, 7) is 1.85. The standard InChI is InChI=1S/C22H26O6/c1-2-13-3-5-14(6-4-13)9-15-7-8-16-12-27-22(17(16)10-15)21(26)20(25)19(24)18(11-23)28-22/h3-8,10,18-21,23-26H,2,9,11-12H2,1H3/t18?,19-,20?,21+,22-/m1/s1. The van der Waals surface area contributed by atoms with Gasteiger partial charge in [0.25, 0.3) is 0 Å². The predicted octanol–water partition coefficient (Wildman–Crippen LogP) is 0.997. The third-order valence-electron chi connectivity index (χ3n) is 5.78. The quantitative estimate of drug-likeness (QED) is 0.626. The van der Waals surface area contributed by atoms with Crippen LogP contribution in [0.5, 0.6) is 0 Å². The first-order chi connectivity index (χ1) is 13.5. The molecule has 2 aliphatic rings. The van der Waals surface area contributed by atoms with Crippen LogP contribution in [0.1, 0.15) is 34.7 Å². The van der Waals surface area contributed by atoms with Crippen molar-refractivity contribution in [3.8, 4) is 0 Å². The lowest BCUT2D eigenvalue weighted by Gasteiger charge is -2.46. The van der Waals surface area contributed by atoms with E-state index in [0.717, 1.165) is 17.5 Å². The molecule has 2 aromatic carbocycles. The van der Waals surface area contributed by atoms with Crippen molar-refractivity contribution in [2.45, 2.75) is 56.6 Å². The lowest BCUT2D eigenvalue weighted by atomic mass is 9.86. The van der Waals surface area contributed by atoms with E-state index in [4.69, 9.17) is 9.47 Å². The molecular weight excluding hydrogens is 360 g/mol. The van der Waals surface area contributed by atoms with Crippen LogP contribution in [0.15, 0.2) is 42.5 Å². The first-order valence-electron chi connectivity index (χ1n) is 9.65. The lowest BCUT2D eigenvalue weighted by molar-refractivity contribution is -0.368. The molecule has 6 heteroatoms. The molecule has 0 bridgehead atoms. The van der Waals surface area contributed by atoms with Gasteiger partial charge in [-0.1, -0.05) is 43.3 Å². The summed E-state index contributed by atoms with van der Waals surface area (Å²) >= 11 is 0. The van der Waals surface area contributed by atoms with Crippen LogP contribution >= 0.6 is 0 Å². The first kappa shape index (κ1) is 19.5. The third-order valence-corrected chi connectivity index (χ3v) is 5.78. The van der Waals surface area contributed by atoms with E-state index < -0.39 is 36.8 Å². The van der Waals surface area contributed by atoms with Crippen molar-refractivity contribution in [1.82, 2.24) is 0 Å². The highest BCUT2D eigenvalue weighted by molar-refractivity contribution is 5.41. The highest BCUT2D eigenvalue weighted by Gasteiger charge is 2.58. The SMILES string of the molecule is CCc1ccc(Cc2ccc3c(c2)[C@@]2(OC3)OC(CO)[C@@H](O)C(O)[C@@H]2O)cc1.